The molecule has 1 rings (SSSR count). The first-order valence-electron chi connectivity index (χ1n) is 7.67. The molecule has 3 atom stereocenters. The predicted octanol–water partition coefficient (Wildman–Crippen LogP) is 2.31. The first kappa shape index (κ1) is 15.9. The van der Waals surface area contributed by atoms with E-state index in [0.717, 1.165) is 13.1 Å². The molecule has 3 unspecified atom stereocenters. The Hall–Kier alpha value is -0.120. The van der Waals surface area contributed by atoms with Gasteiger partial charge in [-0.2, -0.15) is 0 Å². The van der Waals surface area contributed by atoms with Gasteiger partial charge in [0.2, 0.25) is 0 Å². The van der Waals surface area contributed by atoms with E-state index in [4.69, 9.17) is 5.73 Å². The van der Waals surface area contributed by atoms with Crippen LogP contribution in [0.5, 0.6) is 0 Å². The molecule has 1 heterocycles. The Labute approximate surface area is 114 Å². The van der Waals surface area contributed by atoms with Crippen molar-refractivity contribution in [2.24, 2.45) is 5.73 Å². The van der Waals surface area contributed by atoms with E-state index in [-0.39, 0.29) is 5.54 Å². The Morgan fingerprint density at radius 2 is 2.11 bits per heavy atom. The first-order valence-corrected chi connectivity index (χ1v) is 7.67. The van der Waals surface area contributed by atoms with Gasteiger partial charge in [0.05, 0.1) is 0 Å². The Morgan fingerprint density at radius 1 is 1.44 bits per heavy atom. The number of hydrogen-bond donors (Lipinski definition) is 1. The fraction of sp³-hybridized carbons (Fsp3) is 1.00. The van der Waals surface area contributed by atoms with Crippen molar-refractivity contribution in [3.63, 3.8) is 0 Å². The summed E-state index contributed by atoms with van der Waals surface area (Å²) in [6.07, 6.45) is 4.97. The van der Waals surface area contributed by atoms with Crippen LogP contribution in [0, 0.1) is 0 Å². The molecule has 1 saturated heterocycles. The standard InChI is InChI=1S/C15H33N3/c1-6-8-9-18(13(3)7-2)15(11-16)10-14(4)17(5)12-15/h13-14H,6-12,16H2,1-5H3. The molecule has 0 aliphatic carbocycles. The summed E-state index contributed by atoms with van der Waals surface area (Å²) in [6, 6.07) is 1.29. The molecule has 0 radical (unpaired) electrons. The summed E-state index contributed by atoms with van der Waals surface area (Å²) in [5, 5.41) is 0. The molecule has 2 N–H and O–H groups in total. The van der Waals surface area contributed by atoms with E-state index in [1.165, 1.54) is 32.2 Å². The van der Waals surface area contributed by atoms with Crippen LogP contribution < -0.4 is 5.73 Å². The highest BCUT2D eigenvalue weighted by Crippen LogP contribution is 2.33. The molecule has 1 fully saturated rings. The summed E-state index contributed by atoms with van der Waals surface area (Å²) in [7, 11) is 2.23. The minimum absolute atomic E-state index is 0.207. The van der Waals surface area contributed by atoms with Crippen molar-refractivity contribution in [2.75, 3.05) is 26.7 Å². The lowest BCUT2D eigenvalue weighted by Crippen LogP contribution is -2.58. The number of likely N-dealkylation sites (tertiary alicyclic amines) is 1. The second kappa shape index (κ2) is 6.88. The molecule has 0 aromatic rings. The third kappa shape index (κ3) is 3.25. The lowest BCUT2D eigenvalue weighted by atomic mass is 9.91. The third-order valence-electron chi connectivity index (χ3n) is 4.84. The zero-order chi connectivity index (χ0) is 13.8. The topological polar surface area (TPSA) is 32.5 Å². The summed E-state index contributed by atoms with van der Waals surface area (Å²) in [6.45, 7) is 12.4. The SMILES string of the molecule is CCCCN(C(C)CC)C1(CN)CC(C)N(C)C1. The molecule has 1 aliphatic heterocycles. The third-order valence-corrected chi connectivity index (χ3v) is 4.84. The van der Waals surface area contributed by atoms with Gasteiger partial charge in [0, 0.05) is 30.7 Å². The van der Waals surface area contributed by atoms with E-state index in [2.05, 4.69) is 44.5 Å². The zero-order valence-electron chi connectivity index (χ0n) is 13.1. The molecule has 0 saturated carbocycles. The van der Waals surface area contributed by atoms with Gasteiger partial charge >= 0.3 is 0 Å². The second-order valence-corrected chi connectivity index (χ2v) is 6.20. The highest BCUT2D eigenvalue weighted by atomic mass is 15.3. The summed E-state index contributed by atoms with van der Waals surface area (Å²) < 4.78 is 0. The average Bonchev–Trinajstić information content (AvgIpc) is 2.66. The van der Waals surface area contributed by atoms with Crippen molar-refractivity contribution < 1.29 is 0 Å². The molecule has 3 nitrogen and oxygen atoms in total. The van der Waals surface area contributed by atoms with Crippen molar-refractivity contribution in [3.8, 4) is 0 Å². The Bertz CT molecular complexity index is 232. The van der Waals surface area contributed by atoms with Crippen LogP contribution in [-0.2, 0) is 0 Å². The second-order valence-electron chi connectivity index (χ2n) is 6.20. The molecule has 1 aliphatic rings. The maximum Gasteiger partial charge on any atom is 0.0475 e. The molecular weight excluding hydrogens is 222 g/mol. The van der Waals surface area contributed by atoms with Gasteiger partial charge in [-0.25, -0.2) is 0 Å². The molecule has 0 amide bonds. The number of nitrogens with zero attached hydrogens (tertiary/aromatic N) is 2. The summed E-state index contributed by atoms with van der Waals surface area (Å²) in [5.74, 6) is 0. The van der Waals surface area contributed by atoms with Gasteiger partial charge in [0.15, 0.2) is 0 Å². The van der Waals surface area contributed by atoms with Crippen molar-refractivity contribution in [1.82, 2.24) is 9.80 Å². The van der Waals surface area contributed by atoms with Crippen LogP contribution in [0.15, 0.2) is 0 Å². The Kier molecular flexibility index (Phi) is 6.09. The number of unbranched alkanes of at least 4 members (excludes halogenated alkanes) is 1. The lowest BCUT2D eigenvalue weighted by Gasteiger charge is -2.44. The average molecular weight is 255 g/mol. The van der Waals surface area contributed by atoms with E-state index in [9.17, 15) is 0 Å². The molecule has 0 aromatic heterocycles. The Balaban J connectivity index is 2.86. The van der Waals surface area contributed by atoms with Gasteiger partial charge < -0.3 is 10.6 Å². The zero-order valence-corrected chi connectivity index (χ0v) is 13.1. The smallest absolute Gasteiger partial charge is 0.0475 e. The minimum Gasteiger partial charge on any atom is -0.329 e. The molecule has 108 valence electrons. The maximum absolute atomic E-state index is 6.19. The van der Waals surface area contributed by atoms with E-state index >= 15 is 0 Å². The number of rotatable bonds is 7. The van der Waals surface area contributed by atoms with Crippen LogP contribution in [0.1, 0.15) is 53.4 Å². The molecule has 0 bridgehead atoms. The van der Waals surface area contributed by atoms with Crippen LogP contribution in [0.25, 0.3) is 0 Å². The number of likely N-dealkylation sites (N-methyl/N-ethyl adjacent to an activating group) is 1. The lowest BCUT2D eigenvalue weighted by molar-refractivity contribution is 0.0580. The highest BCUT2D eigenvalue weighted by Gasteiger charge is 2.44. The first-order chi connectivity index (χ1) is 8.50. The normalized spacial score (nSPS) is 31.2. The van der Waals surface area contributed by atoms with E-state index in [0.29, 0.717) is 12.1 Å². The van der Waals surface area contributed by atoms with Crippen molar-refractivity contribution in [1.29, 1.82) is 0 Å². The summed E-state index contributed by atoms with van der Waals surface area (Å²) in [4.78, 5) is 5.17. The largest absolute Gasteiger partial charge is 0.329 e. The van der Waals surface area contributed by atoms with Crippen LogP contribution in [-0.4, -0.2) is 54.1 Å². The fourth-order valence-corrected chi connectivity index (χ4v) is 3.34. The van der Waals surface area contributed by atoms with E-state index in [1.54, 1.807) is 0 Å². The van der Waals surface area contributed by atoms with Crippen molar-refractivity contribution >= 4 is 0 Å². The maximum atomic E-state index is 6.19. The van der Waals surface area contributed by atoms with Crippen LogP contribution >= 0.6 is 0 Å². The fourth-order valence-electron chi connectivity index (χ4n) is 3.34. The Morgan fingerprint density at radius 3 is 2.50 bits per heavy atom. The van der Waals surface area contributed by atoms with Crippen LogP contribution in [0.4, 0.5) is 0 Å². The van der Waals surface area contributed by atoms with Crippen LogP contribution in [0.2, 0.25) is 0 Å². The van der Waals surface area contributed by atoms with Crippen LogP contribution in [0.3, 0.4) is 0 Å². The number of hydrogen-bond acceptors (Lipinski definition) is 3. The monoisotopic (exact) mass is 255 g/mol. The van der Waals surface area contributed by atoms with Crippen molar-refractivity contribution in [2.45, 2.75) is 71.0 Å². The minimum atomic E-state index is 0.207. The van der Waals surface area contributed by atoms with E-state index < -0.39 is 0 Å². The van der Waals surface area contributed by atoms with E-state index in [1.807, 2.05) is 0 Å². The predicted molar refractivity (Wildman–Crippen MR) is 79.9 cm³/mol. The molecule has 3 heteroatoms. The summed E-state index contributed by atoms with van der Waals surface area (Å²) in [5.41, 5.74) is 6.40. The summed E-state index contributed by atoms with van der Waals surface area (Å²) >= 11 is 0. The van der Waals surface area contributed by atoms with Gasteiger partial charge in [-0.05, 0) is 46.7 Å². The number of nitrogens with two attached hydrogens (primary N) is 1. The molecule has 0 spiro atoms. The van der Waals surface area contributed by atoms with Gasteiger partial charge in [-0.1, -0.05) is 20.3 Å². The van der Waals surface area contributed by atoms with Crippen molar-refractivity contribution in [3.05, 3.63) is 0 Å². The highest BCUT2D eigenvalue weighted by molar-refractivity contribution is 5.03. The molecular formula is C15H33N3. The van der Waals surface area contributed by atoms with Gasteiger partial charge in [0.1, 0.15) is 0 Å². The molecule has 0 aromatic carbocycles. The van der Waals surface area contributed by atoms with Gasteiger partial charge in [0.25, 0.3) is 0 Å². The van der Waals surface area contributed by atoms with Gasteiger partial charge in [-0.3, -0.25) is 4.90 Å². The molecule has 18 heavy (non-hydrogen) atoms. The quantitative estimate of drug-likeness (QED) is 0.758. The van der Waals surface area contributed by atoms with Gasteiger partial charge in [-0.15, -0.1) is 0 Å².